The predicted octanol–water partition coefficient (Wildman–Crippen LogP) is 3.32. The van der Waals surface area contributed by atoms with E-state index in [1.54, 1.807) is 43.3 Å². The van der Waals surface area contributed by atoms with E-state index in [1.165, 1.54) is 15.7 Å². The molecule has 9 nitrogen and oxygen atoms in total. The Morgan fingerprint density at radius 3 is 2.54 bits per heavy atom. The van der Waals surface area contributed by atoms with Gasteiger partial charge in [0.25, 0.3) is 5.56 Å². The highest BCUT2D eigenvalue weighted by Gasteiger charge is 2.31. The number of nitrogens with zero attached hydrogens (tertiary/aromatic N) is 3. The van der Waals surface area contributed by atoms with Crippen molar-refractivity contribution < 1.29 is 19.1 Å². The molecule has 1 amide bonds. The number of fused-ring (bicyclic) bond motifs is 1. The van der Waals surface area contributed by atoms with Gasteiger partial charge in [-0.15, -0.1) is 0 Å². The zero-order valence-electron chi connectivity index (χ0n) is 18.9. The van der Waals surface area contributed by atoms with Gasteiger partial charge in [0, 0.05) is 16.9 Å². The number of esters is 1. The molecule has 0 spiro atoms. The number of hydrogen-bond donors (Lipinski definition) is 0. The zero-order chi connectivity index (χ0) is 24.7. The fourth-order valence-electron chi connectivity index (χ4n) is 4.66. The van der Waals surface area contributed by atoms with Crippen molar-refractivity contribution in [3.8, 4) is 5.69 Å². The second-order valence-corrected chi connectivity index (χ2v) is 8.64. The number of anilines is 1. The standard InChI is InChI=1S/C25H22ClN3O6/c1-2-34-23(31)19-14-28(16-8-6-15(7-9-16)27-12-13-35-25(27)33)24(32)29(22(19)30)21-11-10-17-18(21)4-3-5-20(17)26/h3-9,14,21H,2,10-13H2,1H3. The molecule has 1 fully saturated rings. The summed E-state index contributed by atoms with van der Waals surface area (Å²) >= 11 is 6.35. The van der Waals surface area contributed by atoms with Gasteiger partial charge in [-0.1, -0.05) is 23.7 Å². The van der Waals surface area contributed by atoms with Crippen molar-refractivity contribution in [1.29, 1.82) is 0 Å². The van der Waals surface area contributed by atoms with E-state index >= 15 is 0 Å². The fourth-order valence-corrected chi connectivity index (χ4v) is 4.93. The number of aromatic nitrogens is 2. The lowest BCUT2D eigenvalue weighted by Crippen LogP contribution is -2.44. The Morgan fingerprint density at radius 1 is 1.11 bits per heavy atom. The van der Waals surface area contributed by atoms with Crippen LogP contribution < -0.4 is 16.1 Å². The first-order valence-electron chi connectivity index (χ1n) is 11.3. The van der Waals surface area contributed by atoms with Crippen LogP contribution in [0.15, 0.2) is 58.3 Å². The molecular formula is C25H22ClN3O6. The van der Waals surface area contributed by atoms with E-state index in [-0.39, 0.29) is 12.2 Å². The number of cyclic esters (lactones) is 1. The molecule has 180 valence electrons. The normalized spacial score (nSPS) is 16.8. The van der Waals surface area contributed by atoms with Crippen LogP contribution in [-0.2, 0) is 15.9 Å². The summed E-state index contributed by atoms with van der Waals surface area (Å²) < 4.78 is 12.4. The Hall–Kier alpha value is -3.85. The molecule has 3 aromatic rings. The van der Waals surface area contributed by atoms with Crippen LogP contribution in [0.25, 0.3) is 5.69 Å². The highest BCUT2D eigenvalue weighted by molar-refractivity contribution is 6.31. The van der Waals surface area contributed by atoms with E-state index < -0.39 is 29.4 Å². The maximum absolute atomic E-state index is 13.7. The average Bonchev–Trinajstić information content (AvgIpc) is 3.47. The van der Waals surface area contributed by atoms with E-state index in [2.05, 4.69) is 0 Å². The molecule has 1 saturated heterocycles. The van der Waals surface area contributed by atoms with Gasteiger partial charge in [-0.25, -0.2) is 14.4 Å². The Balaban J connectivity index is 1.65. The second kappa shape index (κ2) is 9.07. The van der Waals surface area contributed by atoms with E-state index in [1.807, 2.05) is 6.07 Å². The summed E-state index contributed by atoms with van der Waals surface area (Å²) in [5.74, 6) is -0.805. The molecule has 0 N–H and O–H groups in total. The summed E-state index contributed by atoms with van der Waals surface area (Å²) in [7, 11) is 0. The van der Waals surface area contributed by atoms with Crippen LogP contribution in [-0.4, -0.2) is 41.0 Å². The lowest BCUT2D eigenvalue weighted by molar-refractivity contribution is 0.0522. The molecule has 1 aliphatic carbocycles. The van der Waals surface area contributed by atoms with Crippen molar-refractivity contribution in [3.63, 3.8) is 0 Å². The lowest BCUT2D eigenvalue weighted by atomic mass is 10.1. The minimum absolute atomic E-state index is 0.0832. The molecule has 0 saturated carbocycles. The Bertz CT molecular complexity index is 1440. The third-order valence-electron chi connectivity index (χ3n) is 6.31. The van der Waals surface area contributed by atoms with Crippen molar-refractivity contribution in [3.05, 3.63) is 91.2 Å². The molecule has 2 aromatic carbocycles. The van der Waals surface area contributed by atoms with Gasteiger partial charge in [0.2, 0.25) is 0 Å². The molecule has 1 atom stereocenters. The Labute approximate surface area is 205 Å². The minimum Gasteiger partial charge on any atom is -0.462 e. The maximum Gasteiger partial charge on any atom is 0.414 e. The van der Waals surface area contributed by atoms with Crippen molar-refractivity contribution in [2.75, 3.05) is 24.7 Å². The summed E-state index contributed by atoms with van der Waals surface area (Å²) in [4.78, 5) is 53.1. The van der Waals surface area contributed by atoms with Crippen molar-refractivity contribution in [2.24, 2.45) is 0 Å². The lowest BCUT2D eigenvalue weighted by Gasteiger charge is -2.19. The predicted molar refractivity (Wildman–Crippen MR) is 129 cm³/mol. The van der Waals surface area contributed by atoms with Crippen molar-refractivity contribution in [1.82, 2.24) is 9.13 Å². The van der Waals surface area contributed by atoms with Gasteiger partial charge in [0.15, 0.2) is 0 Å². The third-order valence-corrected chi connectivity index (χ3v) is 6.66. The second-order valence-electron chi connectivity index (χ2n) is 8.24. The smallest absolute Gasteiger partial charge is 0.414 e. The van der Waals surface area contributed by atoms with Crippen LogP contribution in [0.3, 0.4) is 0 Å². The number of halogens is 1. The highest BCUT2D eigenvalue weighted by Crippen LogP contribution is 2.36. The van der Waals surface area contributed by atoms with Crippen LogP contribution in [0, 0.1) is 0 Å². The van der Waals surface area contributed by atoms with Crippen LogP contribution in [0.4, 0.5) is 10.5 Å². The number of carbonyl (C=O) groups excluding carboxylic acids is 2. The van der Waals surface area contributed by atoms with Gasteiger partial charge < -0.3 is 9.47 Å². The van der Waals surface area contributed by atoms with Crippen molar-refractivity contribution in [2.45, 2.75) is 25.8 Å². The van der Waals surface area contributed by atoms with Crippen LogP contribution in [0.5, 0.6) is 0 Å². The van der Waals surface area contributed by atoms with Crippen LogP contribution in [0.2, 0.25) is 5.02 Å². The van der Waals surface area contributed by atoms with E-state index in [9.17, 15) is 19.2 Å². The molecule has 35 heavy (non-hydrogen) atoms. The molecular weight excluding hydrogens is 474 g/mol. The van der Waals surface area contributed by atoms with Gasteiger partial charge in [-0.2, -0.15) is 0 Å². The van der Waals surface area contributed by atoms with Gasteiger partial charge in [-0.05, 0) is 61.2 Å². The molecule has 5 rings (SSSR count). The largest absolute Gasteiger partial charge is 0.462 e. The molecule has 1 unspecified atom stereocenters. The molecule has 0 radical (unpaired) electrons. The number of hydrogen-bond acceptors (Lipinski definition) is 6. The number of ether oxygens (including phenoxy) is 2. The Kier molecular flexibility index (Phi) is 5.94. The van der Waals surface area contributed by atoms with Gasteiger partial charge in [-0.3, -0.25) is 18.8 Å². The Morgan fingerprint density at radius 2 is 1.86 bits per heavy atom. The van der Waals surface area contributed by atoms with Gasteiger partial charge >= 0.3 is 17.8 Å². The van der Waals surface area contributed by atoms with Crippen LogP contribution in [0.1, 0.15) is 40.9 Å². The molecule has 2 aliphatic rings. The number of rotatable bonds is 5. The van der Waals surface area contributed by atoms with Gasteiger partial charge in [0.05, 0.1) is 24.9 Å². The first-order valence-corrected chi connectivity index (χ1v) is 11.7. The van der Waals surface area contributed by atoms with Crippen LogP contribution >= 0.6 is 11.6 Å². The number of amides is 1. The summed E-state index contributed by atoms with van der Waals surface area (Å²) in [5.41, 5.74) is 1.17. The SMILES string of the molecule is CCOC(=O)c1cn(-c2ccc(N3CCOC3=O)cc2)c(=O)n(C2CCc3c(Cl)cccc32)c1=O. The summed E-state index contributed by atoms with van der Waals surface area (Å²) in [6, 6.07) is 11.5. The van der Waals surface area contributed by atoms with Crippen molar-refractivity contribution >= 4 is 29.4 Å². The molecule has 1 aliphatic heterocycles. The van der Waals surface area contributed by atoms with E-state index in [0.29, 0.717) is 42.4 Å². The number of benzene rings is 2. The first-order chi connectivity index (χ1) is 16.9. The summed E-state index contributed by atoms with van der Waals surface area (Å²) in [5, 5.41) is 0.580. The summed E-state index contributed by atoms with van der Waals surface area (Å²) in [6.45, 7) is 2.46. The maximum atomic E-state index is 13.7. The molecule has 0 bridgehead atoms. The topological polar surface area (TPSA) is 99.8 Å². The first kappa shape index (κ1) is 22.9. The quantitative estimate of drug-likeness (QED) is 0.503. The minimum atomic E-state index is -0.805. The fraction of sp³-hybridized carbons (Fsp3) is 0.280. The molecule has 1 aromatic heterocycles. The zero-order valence-corrected chi connectivity index (χ0v) is 19.7. The number of carbonyl (C=O) groups is 2. The van der Waals surface area contributed by atoms with Gasteiger partial charge in [0.1, 0.15) is 12.2 Å². The monoisotopic (exact) mass is 495 g/mol. The van der Waals surface area contributed by atoms with E-state index in [4.69, 9.17) is 21.1 Å². The molecule has 2 heterocycles. The average molecular weight is 496 g/mol. The third kappa shape index (κ3) is 3.91. The molecule has 10 heteroatoms. The van der Waals surface area contributed by atoms with E-state index in [0.717, 1.165) is 15.7 Å². The summed E-state index contributed by atoms with van der Waals surface area (Å²) in [6.07, 6.45) is 1.88. The highest BCUT2D eigenvalue weighted by atomic mass is 35.5.